The molecule has 2 aromatic rings. The summed E-state index contributed by atoms with van der Waals surface area (Å²) in [6.45, 7) is 7.09. The van der Waals surface area contributed by atoms with E-state index >= 15 is 0 Å². The van der Waals surface area contributed by atoms with Crippen LogP contribution in [0.25, 0.3) is 0 Å². The van der Waals surface area contributed by atoms with Crippen LogP contribution in [0.15, 0.2) is 36.4 Å². The molecule has 1 fully saturated rings. The highest BCUT2D eigenvalue weighted by atomic mass is 35.5. The van der Waals surface area contributed by atoms with Gasteiger partial charge in [-0.2, -0.15) is 0 Å². The number of nitrogens with one attached hydrogen (secondary N) is 1. The Balaban J connectivity index is 1.45. The number of carbonyl (C=O) groups excluding carboxylic acids is 1. The number of hydrogen-bond donors (Lipinski definition) is 1. The van der Waals surface area contributed by atoms with Gasteiger partial charge in [-0.3, -0.25) is 14.6 Å². The fourth-order valence-electron chi connectivity index (χ4n) is 3.31. The number of carbonyl (C=O) groups is 1. The largest absolute Gasteiger partial charge is 0.496 e. The summed E-state index contributed by atoms with van der Waals surface area (Å²) < 4.78 is 6.18. The second kappa shape index (κ2) is 9.55. The van der Waals surface area contributed by atoms with E-state index in [0.717, 1.165) is 48.4 Å². The zero-order valence-corrected chi connectivity index (χ0v) is 17.4. The number of benzene rings is 1. The summed E-state index contributed by atoms with van der Waals surface area (Å²) in [7, 11) is 1.65. The van der Waals surface area contributed by atoms with Crippen molar-refractivity contribution in [3.05, 3.63) is 51.2 Å². The number of rotatable bonds is 7. The minimum atomic E-state index is -0.141. The normalized spacial score (nSPS) is 16.9. The second-order valence-corrected chi connectivity index (χ2v) is 8.52. The molecule has 1 N–H and O–H groups in total. The first kappa shape index (κ1) is 20.1. The van der Waals surface area contributed by atoms with Crippen LogP contribution in [0.2, 0.25) is 4.34 Å². The Kier molecular flexibility index (Phi) is 7.13. The Labute approximate surface area is 169 Å². The highest BCUT2D eigenvalue weighted by Crippen LogP contribution is 2.23. The predicted octanol–water partition coefficient (Wildman–Crippen LogP) is 3.23. The van der Waals surface area contributed by atoms with Crippen LogP contribution < -0.4 is 10.1 Å². The van der Waals surface area contributed by atoms with Crippen molar-refractivity contribution in [2.24, 2.45) is 0 Å². The summed E-state index contributed by atoms with van der Waals surface area (Å²) in [6, 6.07) is 11.7. The summed E-state index contributed by atoms with van der Waals surface area (Å²) >= 11 is 7.65. The van der Waals surface area contributed by atoms with E-state index in [1.807, 2.05) is 37.3 Å². The third kappa shape index (κ3) is 5.45. The van der Waals surface area contributed by atoms with Crippen molar-refractivity contribution in [3.8, 4) is 5.75 Å². The Morgan fingerprint density at radius 1 is 1.22 bits per heavy atom. The number of hydrogen-bond acceptors (Lipinski definition) is 5. The summed E-state index contributed by atoms with van der Waals surface area (Å²) in [5.41, 5.74) is 0.986. The molecule has 5 nitrogen and oxygen atoms in total. The predicted molar refractivity (Wildman–Crippen MR) is 110 cm³/mol. The monoisotopic (exact) mass is 407 g/mol. The number of nitrogens with zero attached hydrogens (tertiary/aromatic N) is 2. The zero-order valence-electron chi connectivity index (χ0n) is 15.8. The number of ether oxygens (including phenoxy) is 1. The molecule has 27 heavy (non-hydrogen) atoms. The van der Waals surface area contributed by atoms with E-state index in [-0.39, 0.29) is 11.9 Å². The Morgan fingerprint density at radius 2 is 1.96 bits per heavy atom. The maximum atomic E-state index is 12.6. The Morgan fingerprint density at radius 3 is 2.63 bits per heavy atom. The van der Waals surface area contributed by atoms with Gasteiger partial charge >= 0.3 is 0 Å². The highest BCUT2D eigenvalue weighted by Gasteiger charge is 2.25. The van der Waals surface area contributed by atoms with Gasteiger partial charge in [-0.05, 0) is 25.1 Å². The fraction of sp³-hybridized carbons (Fsp3) is 0.450. The maximum absolute atomic E-state index is 12.6. The average Bonchev–Trinajstić information content (AvgIpc) is 3.11. The van der Waals surface area contributed by atoms with E-state index in [0.29, 0.717) is 6.54 Å². The van der Waals surface area contributed by atoms with Gasteiger partial charge in [0.2, 0.25) is 5.91 Å². The van der Waals surface area contributed by atoms with E-state index < -0.39 is 0 Å². The quantitative estimate of drug-likeness (QED) is 0.765. The van der Waals surface area contributed by atoms with Crippen LogP contribution in [0.3, 0.4) is 0 Å². The van der Waals surface area contributed by atoms with Crippen LogP contribution >= 0.6 is 22.9 Å². The number of halogens is 1. The summed E-state index contributed by atoms with van der Waals surface area (Å²) in [6.07, 6.45) is 0. The molecule has 1 aliphatic rings. The van der Waals surface area contributed by atoms with Crippen molar-refractivity contribution in [1.29, 1.82) is 0 Å². The van der Waals surface area contributed by atoms with Gasteiger partial charge in [0.05, 0.1) is 17.5 Å². The van der Waals surface area contributed by atoms with Crippen LogP contribution in [-0.2, 0) is 17.9 Å². The van der Waals surface area contributed by atoms with Gasteiger partial charge in [-0.15, -0.1) is 11.3 Å². The van der Waals surface area contributed by atoms with Crippen LogP contribution in [0.4, 0.5) is 0 Å². The first-order valence-corrected chi connectivity index (χ1v) is 10.4. The molecule has 1 amide bonds. The van der Waals surface area contributed by atoms with Crippen molar-refractivity contribution in [1.82, 2.24) is 15.1 Å². The van der Waals surface area contributed by atoms with Crippen molar-refractivity contribution < 1.29 is 9.53 Å². The molecule has 3 rings (SSSR count). The lowest BCUT2D eigenvalue weighted by Crippen LogP contribution is -2.53. The second-order valence-electron chi connectivity index (χ2n) is 6.72. The van der Waals surface area contributed by atoms with Crippen LogP contribution in [0, 0.1) is 0 Å². The Hall–Kier alpha value is -1.60. The smallest absolute Gasteiger partial charge is 0.237 e. The van der Waals surface area contributed by atoms with Crippen molar-refractivity contribution in [2.45, 2.75) is 26.1 Å². The van der Waals surface area contributed by atoms with E-state index in [2.05, 4.69) is 21.2 Å². The maximum Gasteiger partial charge on any atom is 0.237 e. The molecule has 1 aromatic heterocycles. The van der Waals surface area contributed by atoms with Gasteiger partial charge < -0.3 is 10.1 Å². The van der Waals surface area contributed by atoms with Crippen molar-refractivity contribution >= 4 is 28.8 Å². The molecular formula is C20H26ClN3O2S. The minimum Gasteiger partial charge on any atom is -0.496 e. The molecule has 146 valence electrons. The number of thiophene rings is 1. The third-order valence-electron chi connectivity index (χ3n) is 4.99. The molecule has 1 aromatic carbocycles. The molecule has 0 spiro atoms. The van der Waals surface area contributed by atoms with Gasteiger partial charge in [0.25, 0.3) is 0 Å². The van der Waals surface area contributed by atoms with E-state index in [9.17, 15) is 4.79 Å². The van der Waals surface area contributed by atoms with Gasteiger partial charge in [-0.1, -0.05) is 29.8 Å². The molecule has 0 unspecified atom stereocenters. The molecule has 0 radical (unpaired) electrons. The van der Waals surface area contributed by atoms with E-state index in [4.69, 9.17) is 16.3 Å². The van der Waals surface area contributed by atoms with Crippen LogP contribution in [0.1, 0.15) is 17.4 Å². The minimum absolute atomic E-state index is 0.0550. The molecule has 7 heteroatoms. The topological polar surface area (TPSA) is 44.8 Å². The SMILES string of the molecule is COc1ccccc1CNC(=O)[C@H](C)N1CCN(Cc2ccc(Cl)s2)CC1. The van der Waals surface area contributed by atoms with Gasteiger partial charge in [0, 0.05) is 49.7 Å². The number of para-hydroxylation sites is 1. The number of amides is 1. The molecule has 0 aliphatic carbocycles. The molecule has 1 atom stereocenters. The highest BCUT2D eigenvalue weighted by molar-refractivity contribution is 7.16. The summed E-state index contributed by atoms with van der Waals surface area (Å²) in [5.74, 6) is 0.854. The first-order chi connectivity index (χ1) is 13.1. The van der Waals surface area contributed by atoms with Crippen molar-refractivity contribution in [2.75, 3.05) is 33.3 Å². The molecule has 0 bridgehead atoms. The zero-order chi connectivity index (χ0) is 19.2. The molecule has 2 heterocycles. The third-order valence-corrected chi connectivity index (χ3v) is 6.20. The molecular weight excluding hydrogens is 382 g/mol. The lowest BCUT2D eigenvalue weighted by molar-refractivity contribution is -0.126. The van der Waals surface area contributed by atoms with Crippen molar-refractivity contribution in [3.63, 3.8) is 0 Å². The average molecular weight is 408 g/mol. The fourth-order valence-corrected chi connectivity index (χ4v) is 4.44. The summed E-state index contributed by atoms with van der Waals surface area (Å²) in [5, 5.41) is 3.04. The Bertz CT molecular complexity index is 759. The van der Waals surface area contributed by atoms with Crippen LogP contribution in [0.5, 0.6) is 5.75 Å². The molecule has 1 aliphatic heterocycles. The molecule has 1 saturated heterocycles. The van der Waals surface area contributed by atoms with Gasteiger partial charge in [-0.25, -0.2) is 0 Å². The lowest BCUT2D eigenvalue weighted by atomic mass is 10.1. The molecule has 0 saturated carbocycles. The van der Waals surface area contributed by atoms with E-state index in [1.54, 1.807) is 18.4 Å². The van der Waals surface area contributed by atoms with Gasteiger partial charge in [0.15, 0.2) is 0 Å². The van der Waals surface area contributed by atoms with Gasteiger partial charge in [0.1, 0.15) is 5.75 Å². The first-order valence-electron chi connectivity index (χ1n) is 9.17. The standard InChI is InChI=1S/C20H26ClN3O2S/c1-15(20(25)22-13-16-5-3-4-6-18(16)26-2)24-11-9-23(10-12-24)14-17-7-8-19(21)27-17/h3-8,15H,9-14H2,1-2H3,(H,22,25)/t15-/m0/s1. The number of piperazine rings is 1. The van der Waals surface area contributed by atoms with E-state index in [1.165, 1.54) is 4.88 Å². The van der Waals surface area contributed by atoms with Crippen LogP contribution in [-0.4, -0.2) is 55.0 Å². The lowest BCUT2D eigenvalue weighted by Gasteiger charge is -2.37. The number of methoxy groups -OCH3 is 1. The summed E-state index contributed by atoms with van der Waals surface area (Å²) in [4.78, 5) is 18.5.